The Hall–Kier alpha value is -3.14. The number of carbonyl (C=O) groups excluding carboxylic acids is 1. The quantitative estimate of drug-likeness (QED) is 0.816. The van der Waals surface area contributed by atoms with Crippen LogP contribution in [0.25, 0.3) is 10.9 Å². The van der Waals surface area contributed by atoms with Crippen molar-refractivity contribution in [1.29, 1.82) is 5.26 Å². The maximum Gasteiger partial charge on any atom is 0.341 e. The average molecular weight is 327 g/mol. The summed E-state index contributed by atoms with van der Waals surface area (Å²) in [5.74, 6) is -2.39. The zero-order chi connectivity index (χ0) is 17.9. The maximum atomic E-state index is 12.2. The number of benzene rings is 1. The molecule has 1 heterocycles. The summed E-state index contributed by atoms with van der Waals surface area (Å²) in [6, 6.07) is 10.3. The third-order valence-corrected chi connectivity index (χ3v) is 4.02. The summed E-state index contributed by atoms with van der Waals surface area (Å²) in [7, 11) is 0. The van der Waals surface area contributed by atoms with E-state index >= 15 is 0 Å². The summed E-state index contributed by atoms with van der Waals surface area (Å²) in [4.78, 5) is 32.9. The van der Waals surface area contributed by atoms with E-state index in [1.807, 2.05) is 6.07 Å². The molecule has 0 aliphatic heterocycles. The third kappa shape index (κ3) is 3.13. The first-order valence-electron chi connectivity index (χ1n) is 7.31. The van der Waals surface area contributed by atoms with Gasteiger partial charge in [-0.25, -0.2) is 9.78 Å². The van der Waals surface area contributed by atoms with Crippen molar-refractivity contribution in [3.63, 3.8) is 0 Å². The summed E-state index contributed by atoms with van der Waals surface area (Å²) in [6.07, 6.45) is 0. The topological polar surface area (TPSA) is 112 Å². The number of aromatic nitrogens is 1. The second-order valence-electron chi connectivity index (χ2n) is 5.84. The molecule has 7 heteroatoms. The molecule has 0 radical (unpaired) electrons. The lowest BCUT2D eigenvalue weighted by molar-refractivity contribution is -0.136. The van der Waals surface area contributed by atoms with Crippen LogP contribution in [0.2, 0.25) is 0 Å². The molecule has 1 atom stereocenters. The van der Waals surface area contributed by atoms with Crippen LogP contribution in [0.4, 0.5) is 0 Å². The lowest BCUT2D eigenvalue weighted by Gasteiger charge is -2.24. The first-order chi connectivity index (χ1) is 11.3. The van der Waals surface area contributed by atoms with E-state index < -0.39 is 17.3 Å². The van der Waals surface area contributed by atoms with Crippen molar-refractivity contribution in [3.05, 3.63) is 35.9 Å². The van der Waals surface area contributed by atoms with Gasteiger partial charge in [0, 0.05) is 5.39 Å². The highest BCUT2D eigenvalue weighted by atomic mass is 16.7. The molecule has 0 bridgehead atoms. The van der Waals surface area contributed by atoms with Gasteiger partial charge in [-0.1, -0.05) is 32.0 Å². The number of nitrogens with zero attached hydrogens (tertiary/aromatic N) is 2. The molecule has 2 rings (SSSR count). The number of aromatic carboxylic acids is 1. The van der Waals surface area contributed by atoms with Crippen molar-refractivity contribution < 1.29 is 19.5 Å². The summed E-state index contributed by atoms with van der Waals surface area (Å²) in [5, 5.41) is 19.2. The Labute approximate surface area is 138 Å². The molecular weight excluding hydrogens is 310 g/mol. The zero-order valence-corrected chi connectivity index (χ0v) is 13.5. The predicted molar refractivity (Wildman–Crippen MR) is 86.0 cm³/mol. The molecule has 1 unspecified atom stereocenters. The molecule has 0 aliphatic carbocycles. The highest BCUT2D eigenvalue weighted by Crippen LogP contribution is 2.27. The number of fused-ring (bicyclic) bond motifs is 1. The van der Waals surface area contributed by atoms with Crippen molar-refractivity contribution >= 4 is 22.8 Å². The molecule has 0 aliphatic rings. The Morgan fingerprint density at radius 2 is 2.04 bits per heavy atom. The van der Waals surface area contributed by atoms with Crippen molar-refractivity contribution in [2.24, 2.45) is 11.3 Å². The van der Waals surface area contributed by atoms with E-state index in [1.54, 1.807) is 38.1 Å². The highest BCUT2D eigenvalue weighted by Gasteiger charge is 2.37. The summed E-state index contributed by atoms with van der Waals surface area (Å²) >= 11 is 0. The molecular formula is C17H17N3O4. The van der Waals surface area contributed by atoms with Crippen LogP contribution >= 0.6 is 0 Å². The lowest BCUT2D eigenvalue weighted by atomic mass is 9.80. The minimum Gasteiger partial charge on any atom is -0.477 e. The number of hydrogen-bond donors (Lipinski definition) is 2. The SMILES string of the molecule is CC(C)C(C)(C#N)C(=O)NOc1nc2ccccc2cc1C(=O)O. The smallest absolute Gasteiger partial charge is 0.341 e. The van der Waals surface area contributed by atoms with E-state index in [0.717, 1.165) is 0 Å². The van der Waals surface area contributed by atoms with Crippen molar-refractivity contribution in [2.75, 3.05) is 0 Å². The number of amides is 1. The van der Waals surface area contributed by atoms with E-state index in [4.69, 9.17) is 4.84 Å². The molecule has 2 N–H and O–H groups in total. The largest absolute Gasteiger partial charge is 0.477 e. The first kappa shape index (κ1) is 17.2. The Bertz CT molecular complexity index is 841. The molecule has 0 saturated heterocycles. The van der Waals surface area contributed by atoms with Gasteiger partial charge in [0.25, 0.3) is 11.8 Å². The Morgan fingerprint density at radius 3 is 2.62 bits per heavy atom. The van der Waals surface area contributed by atoms with Gasteiger partial charge in [-0.2, -0.15) is 10.7 Å². The van der Waals surface area contributed by atoms with Crippen LogP contribution in [0.3, 0.4) is 0 Å². The van der Waals surface area contributed by atoms with Crippen LogP contribution in [0.1, 0.15) is 31.1 Å². The number of nitriles is 1. The molecule has 1 amide bonds. The fourth-order valence-corrected chi connectivity index (χ4v) is 1.97. The maximum absolute atomic E-state index is 12.2. The fraction of sp³-hybridized carbons (Fsp3) is 0.294. The molecule has 124 valence electrons. The molecule has 24 heavy (non-hydrogen) atoms. The van der Waals surface area contributed by atoms with E-state index in [9.17, 15) is 20.0 Å². The normalized spacial score (nSPS) is 13.1. The highest BCUT2D eigenvalue weighted by molar-refractivity contribution is 5.95. The van der Waals surface area contributed by atoms with Gasteiger partial charge < -0.3 is 9.94 Å². The lowest BCUT2D eigenvalue weighted by Crippen LogP contribution is -2.43. The molecule has 7 nitrogen and oxygen atoms in total. The van der Waals surface area contributed by atoms with Crippen LogP contribution in [-0.4, -0.2) is 22.0 Å². The van der Waals surface area contributed by atoms with Crippen molar-refractivity contribution in [2.45, 2.75) is 20.8 Å². The second kappa shape index (κ2) is 6.54. The molecule has 0 saturated carbocycles. The van der Waals surface area contributed by atoms with E-state index in [0.29, 0.717) is 10.9 Å². The van der Waals surface area contributed by atoms with Gasteiger partial charge in [0.05, 0.1) is 11.6 Å². The monoisotopic (exact) mass is 327 g/mol. The Kier molecular flexibility index (Phi) is 4.69. The van der Waals surface area contributed by atoms with Crippen LogP contribution in [-0.2, 0) is 4.79 Å². The number of hydroxylamine groups is 1. The van der Waals surface area contributed by atoms with Crippen LogP contribution in [0, 0.1) is 22.7 Å². The van der Waals surface area contributed by atoms with E-state index in [-0.39, 0.29) is 17.4 Å². The van der Waals surface area contributed by atoms with Gasteiger partial charge in [-0.3, -0.25) is 4.79 Å². The number of carboxylic acids is 1. The predicted octanol–water partition coefficient (Wildman–Crippen LogP) is 2.53. The average Bonchev–Trinajstić information content (AvgIpc) is 2.57. The number of nitrogens with one attached hydrogen (secondary N) is 1. The first-order valence-corrected chi connectivity index (χ1v) is 7.31. The van der Waals surface area contributed by atoms with Crippen LogP contribution < -0.4 is 10.3 Å². The van der Waals surface area contributed by atoms with E-state index in [2.05, 4.69) is 10.5 Å². The Balaban J connectivity index is 2.33. The van der Waals surface area contributed by atoms with Gasteiger partial charge in [-0.15, -0.1) is 0 Å². The number of pyridine rings is 1. The molecule has 1 aromatic heterocycles. The summed E-state index contributed by atoms with van der Waals surface area (Å²) < 4.78 is 0. The van der Waals surface area contributed by atoms with Crippen LogP contribution in [0.5, 0.6) is 5.88 Å². The number of rotatable bonds is 5. The molecule has 0 spiro atoms. The molecule has 2 aromatic rings. The van der Waals surface area contributed by atoms with Gasteiger partial charge in [0.15, 0.2) is 0 Å². The van der Waals surface area contributed by atoms with Crippen LogP contribution in [0.15, 0.2) is 30.3 Å². The van der Waals surface area contributed by atoms with Gasteiger partial charge >= 0.3 is 5.97 Å². The second-order valence-corrected chi connectivity index (χ2v) is 5.84. The van der Waals surface area contributed by atoms with Crippen molar-refractivity contribution in [3.8, 4) is 11.9 Å². The molecule has 1 aromatic carbocycles. The summed E-state index contributed by atoms with van der Waals surface area (Å²) in [5.41, 5.74) is 1.18. The minimum atomic E-state index is -1.31. The third-order valence-electron chi connectivity index (χ3n) is 4.02. The Morgan fingerprint density at radius 1 is 1.38 bits per heavy atom. The number of carbonyl (C=O) groups is 2. The number of carboxylic acid groups (broad SMARTS) is 1. The molecule has 0 fully saturated rings. The number of hydrogen-bond acceptors (Lipinski definition) is 5. The van der Waals surface area contributed by atoms with Gasteiger partial charge in [-0.05, 0) is 25.0 Å². The van der Waals surface area contributed by atoms with E-state index in [1.165, 1.54) is 13.0 Å². The number of para-hydroxylation sites is 1. The van der Waals surface area contributed by atoms with Gasteiger partial charge in [0.2, 0.25) is 0 Å². The summed E-state index contributed by atoms with van der Waals surface area (Å²) in [6.45, 7) is 4.96. The van der Waals surface area contributed by atoms with Gasteiger partial charge in [0.1, 0.15) is 11.0 Å². The standard InChI is InChI=1S/C17H17N3O4/c1-10(2)17(3,9-18)16(23)20-24-14-12(15(21)22)8-11-6-4-5-7-13(11)19-14/h4-8,10H,1-3H3,(H,20,23)(H,21,22). The zero-order valence-electron chi connectivity index (χ0n) is 13.5. The minimum absolute atomic E-state index is 0.183. The fourth-order valence-electron chi connectivity index (χ4n) is 1.97. The van der Waals surface area contributed by atoms with Crippen molar-refractivity contribution in [1.82, 2.24) is 10.5 Å².